The summed E-state index contributed by atoms with van der Waals surface area (Å²) in [6.07, 6.45) is 3.85. The maximum absolute atomic E-state index is 13.0. The fourth-order valence-electron chi connectivity index (χ4n) is 2.00. The number of carbonyl (C=O) groups excluding carboxylic acids is 1. The molecule has 0 radical (unpaired) electrons. The summed E-state index contributed by atoms with van der Waals surface area (Å²) in [5, 5.41) is 2.57. The zero-order chi connectivity index (χ0) is 13.4. The molecule has 1 aliphatic rings. The number of pyridine rings is 1. The predicted molar refractivity (Wildman–Crippen MR) is 69.3 cm³/mol. The van der Waals surface area contributed by atoms with Crippen LogP contribution in [0.4, 0.5) is 15.9 Å². The highest BCUT2D eigenvalue weighted by Gasteiger charge is 2.27. The predicted octanol–water partition coefficient (Wildman–Crippen LogP) is 2.19. The summed E-state index contributed by atoms with van der Waals surface area (Å²) < 4.78 is 14.8. The molecule has 0 saturated heterocycles. The minimum atomic E-state index is -0.630. The van der Waals surface area contributed by atoms with Crippen LogP contribution in [0.5, 0.6) is 0 Å². The Morgan fingerprint density at radius 2 is 2.26 bits per heavy atom. The van der Waals surface area contributed by atoms with Crippen molar-refractivity contribution in [3.63, 3.8) is 0 Å². The zero-order valence-corrected chi connectivity index (χ0v) is 10.1. The van der Waals surface area contributed by atoms with Crippen LogP contribution in [0.25, 0.3) is 0 Å². The molecule has 0 atom stereocenters. The second-order valence-corrected chi connectivity index (χ2v) is 4.60. The van der Waals surface area contributed by atoms with Crippen molar-refractivity contribution >= 4 is 17.4 Å². The van der Waals surface area contributed by atoms with Crippen molar-refractivity contribution in [2.45, 2.75) is 18.9 Å². The molecule has 2 aromatic rings. The highest BCUT2D eigenvalue weighted by Crippen LogP contribution is 2.37. The number of aromatic nitrogens is 2. The molecule has 3 rings (SSSR count). The highest BCUT2D eigenvalue weighted by atomic mass is 19.1. The topological polar surface area (TPSA) is 72.9 Å². The second kappa shape index (κ2) is 4.38. The molecule has 98 valence electrons. The summed E-state index contributed by atoms with van der Waals surface area (Å²) in [7, 11) is 0. The molecule has 5 nitrogen and oxygen atoms in total. The molecule has 3 N–H and O–H groups in total. The number of rotatable bonds is 3. The molecule has 19 heavy (non-hydrogen) atoms. The lowest BCUT2D eigenvalue weighted by molar-refractivity contribution is 0.101. The Labute approximate surface area is 109 Å². The summed E-state index contributed by atoms with van der Waals surface area (Å²) in [5.74, 6) is -0.774. The van der Waals surface area contributed by atoms with Crippen molar-refractivity contribution in [1.29, 1.82) is 0 Å². The third-order valence-corrected chi connectivity index (χ3v) is 3.00. The summed E-state index contributed by atoms with van der Waals surface area (Å²) in [6.45, 7) is 0. The molecule has 1 fully saturated rings. The molecule has 0 aliphatic heterocycles. The molecule has 0 unspecified atom stereocenters. The monoisotopic (exact) mass is 260 g/mol. The smallest absolute Gasteiger partial charge is 0.273 e. The molecule has 1 saturated carbocycles. The Morgan fingerprint density at radius 1 is 1.47 bits per heavy atom. The van der Waals surface area contributed by atoms with Crippen molar-refractivity contribution in [3.05, 3.63) is 42.1 Å². The van der Waals surface area contributed by atoms with Gasteiger partial charge < -0.3 is 15.6 Å². The largest absolute Gasteiger partial charge is 0.397 e. The van der Waals surface area contributed by atoms with Gasteiger partial charge in [0.25, 0.3) is 5.91 Å². The van der Waals surface area contributed by atoms with E-state index >= 15 is 0 Å². The lowest BCUT2D eigenvalue weighted by Crippen LogP contribution is -2.17. The Kier molecular flexibility index (Phi) is 2.70. The van der Waals surface area contributed by atoms with Crippen LogP contribution in [0.3, 0.4) is 0 Å². The van der Waals surface area contributed by atoms with E-state index < -0.39 is 5.95 Å². The van der Waals surface area contributed by atoms with Gasteiger partial charge in [-0.3, -0.25) is 4.79 Å². The van der Waals surface area contributed by atoms with Gasteiger partial charge >= 0.3 is 0 Å². The van der Waals surface area contributed by atoms with E-state index in [0.717, 1.165) is 12.8 Å². The quantitative estimate of drug-likeness (QED) is 0.831. The van der Waals surface area contributed by atoms with Gasteiger partial charge in [0.05, 0.1) is 5.69 Å². The van der Waals surface area contributed by atoms with Gasteiger partial charge in [-0.15, -0.1) is 0 Å². The van der Waals surface area contributed by atoms with Crippen LogP contribution in [0.15, 0.2) is 30.5 Å². The number of hydrogen-bond donors (Lipinski definition) is 2. The number of carbonyl (C=O) groups is 1. The minimum Gasteiger partial charge on any atom is -0.397 e. The van der Waals surface area contributed by atoms with E-state index in [9.17, 15) is 9.18 Å². The van der Waals surface area contributed by atoms with Crippen molar-refractivity contribution in [1.82, 2.24) is 9.55 Å². The van der Waals surface area contributed by atoms with Gasteiger partial charge in [-0.1, -0.05) is 6.07 Å². The molecule has 0 spiro atoms. The lowest BCUT2D eigenvalue weighted by atomic mass is 10.3. The highest BCUT2D eigenvalue weighted by molar-refractivity contribution is 6.03. The van der Waals surface area contributed by atoms with Crippen LogP contribution < -0.4 is 11.1 Å². The van der Waals surface area contributed by atoms with E-state index in [-0.39, 0.29) is 11.7 Å². The van der Waals surface area contributed by atoms with Crippen LogP contribution in [0, 0.1) is 5.95 Å². The van der Waals surface area contributed by atoms with E-state index in [1.807, 2.05) is 4.57 Å². The van der Waals surface area contributed by atoms with E-state index in [0.29, 0.717) is 17.4 Å². The van der Waals surface area contributed by atoms with Crippen molar-refractivity contribution in [3.8, 4) is 0 Å². The number of nitrogens with one attached hydrogen (secondary N) is 1. The van der Waals surface area contributed by atoms with Crippen molar-refractivity contribution in [2.24, 2.45) is 0 Å². The van der Waals surface area contributed by atoms with Gasteiger partial charge in [0, 0.05) is 12.2 Å². The van der Waals surface area contributed by atoms with Crippen molar-refractivity contribution < 1.29 is 9.18 Å². The van der Waals surface area contributed by atoms with Crippen molar-refractivity contribution in [2.75, 3.05) is 11.1 Å². The number of hydrogen-bond acceptors (Lipinski definition) is 3. The van der Waals surface area contributed by atoms with Gasteiger partial charge in [-0.05, 0) is 31.0 Å². The number of nitrogens with zero attached hydrogens (tertiary/aromatic N) is 2. The van der Waals surface area contributed by atoms with Crippen LogP contribution in [-0.2, 0) is 0 Å². The first-order chi connectivity index (χ1) is 9.13. The van der Waals surface area contributed by atoms with Gasteiger partial charge in [0.1, 0.15) is 11.5 Å². The van der Waals surface area contributed by atoms with Crippen LogP contribution >= 0.6 is 0 Å². The van der Waals surface area contributed by atoms with Gasteiger partial charge in [-0.25, -0.2) is 4.98 Å². The summed E-state index contributed by atoms with van der Waals surface area (Å²) in [6, 6.07) is 6.22. The van der Waals surface area contributed by atoms with Gasteiger partial charge in [0.15, 0.2) is 0 Å². The fraction of sp³-hybridized carbons (Fsp3) is 0.231. The first kappa shape index (κ1) is 11.7. The zero-order valence-electron chi connectivity index (χ0n) is 10.1. The molecule has 2 heterocycles. The van der Waals surface area contributed by atoms with Gasteiger partial charge in [-0.2, -0.15) is 4.39 Å². The van der Waals surface area contributed by atoms with E-state index in [4.69, 9.17) is 5.73 Å². The van der Waals surface area contributed by atoms with Crippen LogP contribution in [-0.4, -0.2) is 15.5 Å². The van der Waals surface area contributed by atoms with Crippen LogP contribution in [0.1, 0.15) is 29.4 Å². The third-order valence-electron chi connectivity index (χ3n) is 3.00. The summed E-state index contributed by atoms with van der Waals surface area (Å²) >= 11 is 0. The lowest BCUT2D eigenvalue weighted by Gasteiger charge is -2.07. The number of nitrogen functional groups attached to an aromatic ring is 1. The Hall–Kier alpha value is -2.37. The van der Waals surface area contributed by atoms with E-state index in [1.54, 1.807) is 12.3 Å². The number of anilines is 2. The molecule has 6 heteroatoms. The van der Waals surface area contributed by atoms with E-state index in [1.165, 1.54) is 18.2 Å². The molecule has 2 aromatic heterocycles. The van der Waals surface area contributed by atoms with Gasteiger partial charge in [0.2, 0.25) is 5.95 Å². The maximum Gasteiger partial charge on any atom is 0.273 e. The molecule has 1 aliphatic carbocycles. The van der Waals surface area contributed by atoms with Crippen LogP contribution in [0.2, 0.25) is 0 Å². The number of amides is 1. The summed E-state index contributed by atoms with van der Waals surface area (Å²) in [4.78, 5) is 15.7. The molecule has 0 bridgehead atoms. The average Bonchev–Trinajstić information content (AvgIpc) is 3.12. The summed E-state index contributed by atoms with van der Waals surface area (Å²) in [5.41, 5.74) is 6.75. The Balaban J connectivity index is 1.84. The minimum absolute atomic E-state index is 0.187. The maximum atomic E-state index is 13.0. The molecule has 0 aromatic carbocycles. The number of halogens is 1. The Morgan fingerprint density at radius 3 is 2.95 bits per heavy atom. The third kappa shape index (κ3) is 2.42. The number of nitrogens with two attached hydrogens (primary N) is 1. The van der Waals surface area contributed by atoms with E-state index in [2.05, 4.69) is 10.3 Å². The standard InChI is InChI=1S/C13H13FN4O/c14-11-2-1-3-12(16-11)17-13(19)10-6-8(15)7-18(10)9-4-5-9/h1-3,6-7,9H,4-5,15H2,(H,16,17,19). The first-order valence-corrected chi connectivity index (χ1v) is 6.05. The second-order valence-electron chi connectivity index (χ2n) is 4.60. The normalized spacial score (nSPS) is 14.4. The SMILES string of the molecule is Nc1cc(C(=O)Nc2cccc(F)n2)n(C2CC2)c1. The first-order valence-electron chi connectivity index (χ1n) is 6.05. The average molecular weight is 260 g/mol. The molecular formula is C13H13FN4O. The fourth-order valence-corrected chi connectivity index (χ4v) is 2.00. The Bertz CT molecular complexity index is 633. The molecular weight excluding hydrogens is 247 g/mol. The molecule has 1 amide bonds.